The zero-order chi connectivity index (χ0) is 11.1. The molecule has 0 aliphatic carbocycles. The second-order valence-corrected chi connectivity index (χ2v) is 3.39. The van der Waals surface area contributed by atoms with Crippen LogP contribution in [0.3, 0.4) is 0 Å². The van der Waals surface area contributed by atoms with E-state index in [1.54, 1.807) is 0 Å². The second kappa shape index (κ2) is 5.95. The molecule has 5 nitrogen and oxygen atoms in total. The van der Waals surface area contributed by atoms with Crippen molar-refractivity contribution in [2.45, 2.75) is 26.2 Å². The quantitative estimate of drug-likeness (QED) is 0.679. The summed E-state index contributed by atoms with van der Waals surface area (Å²) in [6.45, 7) is 2.71. The molecule has 1 rings (SSSR count). The molecule has 0 spiro atoms. The number of nitrogens with zero attached hydrogens (tertiary/aromatic N) is 2. The van der Waals surface area contributed by atoms with Crippen LogP contribution in [0.5, 0.6) is 0 Å². The Hall–Kier alpha value is -1.65. The fraction of sp³-hybridized carbons (Fsp3) is 0.500. The standard InChI is InChI=1S/C10H16N4O/c1-8-6-10(14-7-13-8)12-5-3-2-4-9(11)15/h6-7H,2-5H2,1H3,(H2,11,15)(H,12,13,14). The molecule has 0 bridgehead atoms. The minimum Gasteiger partial charge on any atom is -0.370 e. The average Bonchev–Trinajstić information content (AvgIpc) is 2.17. The molecule has 0 unspecified atom stereocenters. The van der Waals surface area contributed by atoms with Crippen molar-refractivity contribution in [2.24, 2.45) is 5.73 Å². The van der Waals surface area contributed by atoms with Gasteiger partial charge in [0.2, 0.25) is 5.91 Å². The van der Waals surface area contributed by atoms with E-state index in [0.717, 1.165) is 30.9 Å². The molecule has 1 heterocycles. The summed E-state index contributed by atoms with van der Waals surface area (Å²) in [6, 6.07) is 1.88. The minimum atomic E-state index is -0.243. The summed E-state index contributed by atoms with van der Waals surface area (Å²) in [7, 11) is 0. The van der Waals surface area contributed by atoms with Gasteiger partial charge in [0, 0.05) is 24.7 Å². The smallest absolute Gasteiger partial charge is 0.217 e. The van der Waals surface area contributed by atoms with Crippen LogP contribution in [-0.4, -0.2) is 22.4 Å². The van der Waals surface area contributed by atoms with E-state index in [9.17, 15) is 4.79 Å². The average molecular weight is 208 g/mol. The monoisotopic (exact) mass is 208 g/mol. The largest absolute Gasteiger partial charge is 0.370 e. The van der Waals surface area contributed by atoms with Gasteiger partial charge in [-0.15, -0.1) is 0 Å². The first-order chi connectivity index (χ1) is 7.18. The third kappa shape index (κ3) is 4.95. The number of carbonyl (C=O) groups excluding carboxylic acids is 1. The highest BCUT2D eigenvalue weighted by molar-refractivity contribution is 5.73. The van der Waals surface area contributed by atoms with E-state index in [1.165, 1.54) is 6.33 Å². The third-order valence-electron chi connectivity index (χ3n) is 1.96. The number of amides is 1. The zero-order valence-corrected chi connectivity index (χ0v) is 8.86. The van der Waals surface area contributed by atoms with Gasteiger partial charge in [0.25, 0.3) is 0 Å². The number of hydrogen-bond acceptors (Lipinski definition) is 4. The predicted molar refractivity (Wildman–Crippen MR) is 58.3 cm³/mol. The highest BCUT2D eigenvalue weighted by Gasteiger charge is 1.96. The molecule has 3 N–H and O–H groups in total. The molecule has 1 amide bonds. The van der Waals surface area contributed by atoms with Gasteiger partial charge >= 0.3 is 0 Å². The van der Waals surface area contributed by atoms with Crippen LogP contribution in [0, 0.1) is 6.92 Å². The first kappa shape index (κ1) is 11.4. The number of aromatic nitrogens is 2. The van der Waals surface area contributed by atoms with Crippen molar-refractivity contribution in [3.63, 3.8) is 0 Å². The molecule has 0 aliphatic heterocycles. The SMILES string of the molecule is Cc1cc(NCCCCC(N)=O)ncn1. The number of nitrogens with two attached hydrogens (primary N) is 1. The Morgan fingerprint density at radius 1 is 1.47 bits per heavy atom. The summed E-state index contributed by atoms with van der Waals surface area (Å²) in [5, 5.41) is 3.16. The minimum absolute atomic E-state index is 0.243. The maximum atomic E-state index is 10.5. The first-order valence-corrected chi connectivity index (χ1v) is 4.99. The van der Waals surface area contributed by atoms with Crippen LogP contribution in [0.15, 0.2) is 12.4 Å². The number of unbranched alkanes of at least 4 members (excludes halogenated alkanes) is 1. The van der Waals surface area contributed by atoms with Gasteiger partial charge in [-0.1, -0.05) is 0 Å². The zero-order valence-electron chi connectivity index (χ0n) is 8.86. The molecule has 0 saturated carbocycles. The van der Waals surface area contributed by atoms with Gasteiger partial charge in [0.15, 0.2) is 0 Å². The molecule has 0 aromatic carbocycles. The van der Waals surface area contributed by atoms with Crippen molar-refractivity contribution < 1.29 is 4.79 Å². The predicted octanol–water partition coefficient (Wildman–Crippen LogP) is 0.853. The maximum absolute atomic E-state index is 10.5. The van der Waals surface area contributed by atoms with Crippen LogP contribution in [0.25, 0.3) is 0 Å². The molecule has 5 heteroatoms. The van der Waals surface area contributed by atoms with Crippen LogP contribution >= 0.6 is 0 Å². The molecule has 0 radical (unpaired) electrons. The molecule has 1 aromatic heterocycles. The van der Waals surface area contributed by atoms with Crippen LogP contribution in [-0.2, 0) is 4.79 Å². The summed E-state index contributed by atoms with van der Waals surface area (Å²) in [5.41, 5.74) is 5.96. The molecule has 82 valence electrons. The van der Waals surface area contributed by atoms with Gasteiger partial charge in [0.05, 0.1) is 0 Å². The van der Waals surface area contributed by atoms with Crippen LogP contribution < -0.4 is 11.1 Å². The van der Waals surface area contributed by atoms with Crippen LogP contribution in [0.2, 0.25) is 0 Å². The van der Waals surface area contributed by atoms with Crippen molar-refractivity contribution in [1.29, 1.82) is 0 Å². The maximum Gasteiger partial charge on any atom is 0.217 e. The lowest BCUT2D eigenvalue weighted by molar-refractivity contribution is -0.118. The number of nitrogens with one attached hydrogen (secondary N) is 1. The summed E-state index contributed by atoms with van der Waals surface area (Å²) in [4.78, 5) is 18.5. The molecule has 15 heavy (non-hydrogen) atoms. The lowest BCUT2D eigenvalue weighted by Crippen LogP contribution is -2.11. The Labute approximate surface area is 89.1 Å². The Kier molecular flexibility index (Phi) is 4.53. The topological polar surface area (TPSA) is 80.9 Å². The molecular weight excluding hydrogens is 192 g/mol. The molecule has 0 aliphatic rings. The lowest BCUT2D eigenvalue weighted by Gasteiger charge is -2.04. The Morgan fingerprint density at radius 3 is 2.93 bits per heavy atom. The summed E-state index contributed by atoms with van der Waals surface area (Å²) in [6.07, 6.45) is 3.70. The lowest BCUT2D eigenvalue weighted by atomic mass is 10.2. The van der Waals surface area contributed by atoms with Gasteiger partial charge in [0.1, 0.15) is 12.1 Å². The summed E-state index contributed by atoms with van der Waals surface area (Å²) >= 11 is 0. The van der Waals surface area contributed by atoms with Gasteiger partial charge in [-0.2, -0.15) is 0 Å². The molecule has 0 saturated heterocycles. The molecular formula is C10H16N4O. The van der Waals surface area contributed by atoms with Crippen molar-refractivity contribution in [3.8, 4) is 0 Å². The first-order valence-electron chi connectivity index (χ1n) is 4.99. The van der Waals surface area contributed by atoms with Crippen LogP contribution in [0.1, 0.15) is 25.0 Å². The van der Waals surface area contributed by atoms with Gasteiger partial charge in [-0.3, -0.25) is 4.79 Å². The van der Waals surface area contributed by atoms with E-state index in [-0.39, 0.29) is 5.91 Å². The van der Waals surface area contributed by atoms with E-state index in [2.05, 4.69) is 15.3 Å². The molecule has 0 fully saturated rings. The normalized spacial score (nSPS) is 9.93. The Morgan fingerprint density at radius 2 is 2.27 bits per heavy atom. The Bertz CT molecular complexity index is 327. The van der Waals surface area contributed by atoms with E-state index >= 15 is 0 Å². The highest BCUT2D eigenvalue weighted by atomic mass is 16.1. The number of rotatable bonds is 6. The third-order valence-corrected chi connectivity index (χ3v) is 1.96. The fourth-order valence-corrected chi connectivity index (χ4v) is 1.19. The summed E-state index contributed by atoms with van der Waals surface area (Å²) < 4.78 is 0. The van der Waals surface area contributed by atoms with Crippen molar-refractivity contribution in [2.75, 3.05) is 11.9 Å². The number of anilines is 1. The van der Waals surface area contributed by atoms with E-state index in [1.807, 2.05) is 13.0 Å². The van der Waals surface area contributed by atoms with Gasteiger partial charge in [-0.25, -0.2) is 9.97 Å². The summed E-state index contributed by atoms with van der Waals surface area (Å²) in [5.74, 6) is 0.578. The fourth-order valence-electron chi connectivity index (χ4n) is 1.19. The number of hydrogen-bond donors (Lipinski definition) is 2. The molecule has 0 atom stereocenters. The Balaban J connectivity index is 2.17. The van der Waals surface area contributed by atoms with Crippen molar-refractivity contribution in [1.82, 2.24) is 9.97 Å². The van der Waals surface area contributed by atoms with E-state index in [4.69, 9.17) is 5.73 Å². The number of carbonyl (C=O) groups is 1. The second-order valence-electron chi connectivity index (χ2n) is 3.39. The van der Waals surface area contributed by atoms with Gasteiger partial charge < -0.3 is 11.1 Å². The number of primary amides is 1. The van der Waals surface area contributed by atoms with Crippen molar-refractivity contribution in [3.05, 3.63) is 18.1 Å². The van der Waals surface area contributed by atoms with E-state index < -0.39 is 0 Å². The molecule has 1 aromatic rings. The van der Waals surface area contributed by atoms with E-state index in [0.29, 0.717) is 6.42 Å². The highest BCUT2D eigenvalue weighted by Crippen LogP contribution is 2.03. The van der Waals surface area contributed by atoms with Crippen molar-refractivity contribution >= 4 is 11.7 Å². The number of aryl methyl sites for hydroxylation is 1. The van der Waals surface area contributed by atoms with Crippen LogP contribution in [0.4, 0.5) is 5.82 Å². The van der Waals surface area contributed by atoms with Gasteiger partial charge in [-0.05, 0) is 19.8 Å².